The minimum Gasteiger partial charge on any atom is -0.333 e. The lowest BCUT2D eigenvalue weighted by molar-refractivity contribution is 0.0533. The van der Waals surface area contributed by atoms with Gasteiger partial charge in [0.15, 0.2) is 0 Å². The molecule has 1 fully saturated rings. The smallest absolute Gasteiger partial charge is 0.259 e. The predicted octanol–water partition coefficient (Wildman–Crippen LogP) is 1.16. The summed E-state index contributed by atoms with van der Waals surface area (Å²) in [6.07, 6.45) is 0. The summed E-state index contributed by atoms with van der Waals surface area (Å²) >= 11 is 6.15. The van der Waals surface area contributed by atoms with Gasteiger partial charge < -0.3 is 9.80 Å². The van der Waals surface area contributed by atoms with Gasteiger partial charge in [0, 0.05) is 32.7 Å². The number of carbonyl (C=O) groups is 1. The first kappa shape index (κ1) is 13.4. The van der Waals surface area contributed by atoms with Crippen LogP contribution in [0.2, 0.25) is 5.15 Å². The lowest BCUT2D eigenvalue weighted by atomic mass is 10.1. The van der Waals surface area contributed by atoms with Crippen LogP contribution in [0.1, 0.15) is 23.0 Å². The monoisotopic (exact) mass is 270 g/mol. The quantitative estimate of drug-likeness (QED) is 0.769. The van der Waals surface area contributed by atoms with E-state index in [1.54, 1.807) is 11.7 Å². The standard InChI is InChI=1S/C12H19ClN4O/c1-8-7-15(3)5-6-17(8)12(18)10-9(2)14-16(4)11(10)13/h8H,5-7H2,1-4H3/t8-/m0/s1. The van der Waals surface area contributed by atoms with Gasteiger partial charge in [-0.1, -0.05) is 11.6 Å². The van der Waals surface area contributed by atoms with Crippen LogP contribution >= 0.6 is 11.6 Å². The Morgan fingerprint density at radius 1 is 1.39 bits per heavy atom. The first-order chi connectivity index (χ1) is 8.41. The molecule has 0 aliphatic carbocycles. The van der Waals surface area contributed by atoms with Crippen molar-refractivity contribution in [1.82, 2.24) is 19.6 Å². The van der Waals surface area contributed by atoms with Crippen molar-refractivity contribution in [2.45, 2.75) is 19.9 Å². The molecule has 18 heavy (non-hydrogen) atoms. The number of piperazine rings is 1. The molecular formula is C12H19ClN4O. The lowest BCUT2D eigenvalue weighted by Crippen LogP contribution is -2.52. The van der Waals surface area contributed by atoms with Crippen molar-refractivity contribution in [3.8, 4) is 0 Å². The Balaban J connectivity index is 2.26. The number of aromatic nitrogens is 2. The maximum Gasteiger partial charge on any atom is 0.259 e. The highest BCUT2D eigenvalue weighted by molar-refractivity contribution is 6.33. The molecule has 100 valence electrons. The van der Waals surface area contributed by atoms with Crippen LogP contribution in [0.25, 0.3) is 0 Å². The minimum atomic E-state index is -0.00815. The first-order valence-electron chi connectivity index (χ1n) is 6.10. The summed E-state index contributed by atoms with van der Waals surface area (Å²) in [6.45, 7) is 6.41. The van der Waals surface area contributed by atoms with Crippen LogP contribution in [0, 0.1) is 6.92 Å². The van der Waals surface area contributed by atoms with Crippen LogP contribution in [0.15, 0.2) is 0 Å². The van der Waals surface area contributed by atoms with Crippen LogP contribution < -0.4 is 0 Å². The van der Waals surface area contributed by atoms with Crippen LogP contribution in [-0.4, -0.2) is 58.2 Å². The van der Waals surface area contributed by atoms with Crippen molar-refractivity contribution in [3.05, 3.63) is 16.4 Å². The molecule has 0 saturated carbocycles. The molecule has 1 atom stereocenters. The molecule has 6 heteroatoms. The third kappa shape index (κ3) is 2.24. The van der Waals surface area contributed by atoms with Gasteiger partial charge in [0.2, 0.25) is 0 Å². The Hall–Kier alpha value is -1.07. The molecule has 1 aromatic heterocycles. The number of nitrogens with zero attached hydrogens (tertiary/aromatic N) is 4. The van der Waals surface area contributed by atoms with Gasteiger partial charge in [0.1, 0.15) is 5.15 Å². The fourth-order valence-electron chi connectivity index (χ4n) is 2.46. The van der Waals surface area contributed by atoms with E-state index in [2.05, 4.69) is 24.0 Å². The van der Waals surface area contributed by atoms with Gasteiger partial charge in [-0.2, -0.15) is 5.10 Å². The maximum absolute atomic E-state index is 12.5. The Morgan fingerprint density at radius 3 is 2.56 bits per heavy atom. The van der Waals surface area contributed by atoms with E-state index in [4.69, 9.17) is 11.6 Å². The average molecular weight is 271 g/mol. The Labute approximate surface area is 112 Å². The molecule has 2 rings (SSSR count). The molecule has 0 N–H and O–H groups in total. The number of rotatable bonds is 1. The van der Waals surface area contributed by atoms with Crippen molar-refractivity contribution in [2.75, 3.05) is 26.7 Å². The molecule has 0 spiro atoms. The minimum absolute atomic E-state index is 0.00815. The zero-order chi connectivity index (χ0) is 13.4. The van der Waals surface area contributed by atoms with E-state index in [-0.39, 0.29) is 11.9 Å². The number of hydrogen-bond donors (Lipinski definition) is 0. The van der Waals surface area contributed by atoms with E-state index < -0.39 is 0 Å². The topological polar surface area (TPSA) is 41.4 Å². The molecule has 1 amide bonds. The second-order valence-electron chi connectivity index (χ2n) is 4.98. The molecule has 1 aliphatic rings. The molecule has 1 aromatic rings. The zero-order valence-corrected chi connectivity index (χ0v) is 12.0. The Kier molecular flexibility index (Phi) is 3.64. The van der Waals surface area contributed by atoms with Gasteiger partial charge in [-0.25, -0.2) is 0 Å². The molecular weight excluding hydrogens is 252 g/mol. The molecule has 0 bridgehead atoms. The number of amides is 1. The fraction of sp³-hybridized carbons (Fsp3) is 0.667. The molecule has 1 saturated heterocycles. The molecule has 0 unspecified atom stereocenters. The summed E-state index contributed by atoms with van der Waals surface area (Å²) in [5.41, 5.74) is 1.23. The molecule has 0 radical (unpaired) electrons. The van der Waals surface area contributed by atoms with Crippen LogP contribution in [0.5, 0.6) is 0 Å². The normalized spacial score (nSPS) is 21.4. The average Bonchev–Trinajstić information content (AvgIpc) is 2.52. The second-order valence-corrected chi connectivity index (χ2v) is 5.34. The van der Waals surface area contributed by atoms with Gasteiger partial charge in [0.25, 0.3) is 5.91 Å². The van der Waals surface area contributed by atoms with Crippen molar-refractivity contribution in [1.29, 1.82) is 0 Å². The van der Waals surface area contributed by atoms with Crippen LogP contribution in [-0.2, 0) is 7.05 Å². The number of aryl methyl sites for hydroxylation is 2. The summed E-state index contributed by atoms with van der Waals surface area (Å²) in [6, 6.07) is 0.201. The molecule has 1 aliphatic heterocycles. The highest BCUT2D eigenvalue weighted by Crippen LogP contribution is 2.22. The van der Waals surface area contributed by atoms with Gasteiger partial charge in [-0.15, -0.1) is 0 Å². The van der Waals surface area contributed by atoms with Gasteiger partial charge in [0.05, 0.1) is 11.3 Å². The summed E-state index contributed by atoms with van der Waals surface area (Å²) in [5.74, 6) is -0.00815. The summed E-state index contributed by atoms with van der Waals surface area (Å²) in [5, 5.41) is 4.61. The SMILES string of the molecule is Cc1nn(C)c(Cl)c1C(=O)N1CCN(C)C[C@@H]1C. The summed E-state index contributed by atoms with van der Waals surface area (Å²) in [7, 11) is 3.82. The van der Waals surface area contributed by atoms with Gasteiger partial charge in [-0.05, 0) is 20.9 Å². The van der Waals surface area contributed by atoms with E-state index in [1.165, 1.54) is 0 Å². The largest absolute Gasteiger partial charge is 0.333 e. The van der Waals surface area contributed by atoms with E-state index in [1.807, 2.05) is 11.8 Å². The third-order valence-electron chi connectivity index (χ3n) is 3.46. The highest BCUT2D eigenvalue weighted by atomic mass is 35.5. The van der Waals surface area contributed by atoms with Crippen LogP contribution in [0.3, 0.4) is 0 Å². The Bertz CT molecular complexity index is 471. The third-order valence-corrected chi connectivity index (χ3v) is 3.89. The van der Waals surface area contributed by atoms with Crippen LogP contribution in [0.4, 0.5) is 0 Å². The summed E-state index contributed by atoms with van der Waals surface area (Å²) in [4.78, 5) is 16.7. The van der Waals surface area contributed by atoms with Crippen molar-refractivity contribution in [3.63, 3.8) is 0 Å². The lowest BCUT2D eigenvalue weighted by Gasteiger charge is -2.38. The van der Waals surface area contributed by atoms with E-state index in [0.29, 0.717) is 16.4 Å². The molecule has 0 aromatic carbocycles. The predicted molar refractivity (Wildman–Crippen MR) is 71.0 cm³/mol. The number of hydrogen-bond acceptors (Lipinski definition) is 3. The molecule has 2 heterocycles. The number of carbonyl (C=O) groups excluding carboxylic acids is 1. The van der Waals surface area contributed by atoms with E-state index in [0.717, 1.165) is 19.6 Å². The first-order valence-corrected chi connectivity index (χ1v) is 6.48. The maximum atomic E-state index is 12.5. The molecule has 5 nitrogen and oxygen atoms in total. The van der Waals surface area contributed by atoms with E-state index in [9.17, 15) is 4.79 Å². The van der Waals surface area contributed by atoms with Crippen molar-refractivity contribution in [2.24, 2.45) is 7.05 Å². The number of halogens is 1. The zero-order valence-electron chi connectivity index (χ0n) is 11.3. The van der Waals surface area contributed by atoms with E-state index >= 15 is 0 Å². The highest BCUT2D eigenvalue weighted by Gasteiger charge is 2.30. The van der Waals surface area contributed by atoms with Crippen molar-refractivity contribution >= 4 is 17.5 Å². The van der Waals surface area contributed by atoms with Crippen molar-refractivity contribution < 1.29 is 4.79 Å². The number of likely N-dealkylation sites (N-methyl/N-ethyl adjacent to an activating group) is 1. The van der Waals surface area contributed by atoms with Gasteiger partial charge in [-0.3, -0.25) is 9.48 Å². The van der Waals surface area contributed by atoms with Gasteiger partial charge >= 0.3 is 0 Å². The Morgan fingerprint density at radius 2 is 2.06 bits per heavy atom. The second kappa shape index (κ2) is 4.90. The summed E-state index contributed by atoms with van der Waals surface area (Å²) < 4.78 is 1.55. The fourth-order valence-corrected chi connectivity index (χ4v) is 2.71.